The average Bonchev–Trinajstić information content (AvgIpc) is 3.44. The second kappa shape index (κ2) is 7.01. The number of aromatic nitrogens is 4. The van der Waals surface area contributed by atoms with Crippen LogP contribution in [0, 0.1) is 29.5 Å². The average molecular weight is 437 g/mol. The predicted octanol–water partition coefficient (Wildman–Crippen LogP) is 4.46. The van der Waals surface area contributed by atoms with Gasteiger partial charge in [0.1, 0.15) is 17.8 Å². The molecular formula is C23H21F2N5O2. The van der Waals surface area contributed by atoms with E-state index in [1.807, 2.05) is 0 Å². The number of carboxylic acid groups (broad SMARTS) is 1. The molecule has 0 amide bonds. The molecule has 4 heterocycles. The Morgan fingerprint density at radius 2 is 1.91 bits per heavy atom. The van der Waals surface area contributed by atoms with Crippen LogP contribution in [0.4, 0.5) is 14.5 Å². The summed E-state index contributed by atoms with van der Waals surface area (Å²) in [5, 5.41) is 13.7. The Hall–Kier alpha value is -3.49. The molecule has 164 valence electrons. The van der Waals surface area contributed by atoms with Crippen molar-refractivity contribution in [3.63, 3.8) is 0 Å². The van der Waals surface area contributed by atoms with Crippen LogP contribution in [0.15, 0.2) is 37.1 Å². The summed E-state index contributed by atoms with van der Waals surface area (Å²) in [6.45, 7) is 0. The van der Waals surface area contributed by atoms with Crippen LogP contribution in [0.1, 0.15) is 25.7 Å². The van der Waals surface area contributed by atoms with Gasteiger partial charge < -0.3 is 15.4 Å². The molecule has 0 aromatic carbocycles. The van der Waals surface area contributed by atoms with Crippen LogP contribution in [0.25, 0.3) is 27.7 Å². The number of carbonyl (C=O) groups is 1. The molecule has 0 saturated heterocycles. The number of hydrogen-bond acceptors (Lipinski definition) is 4. The molecule has 2 bridgehead atoms. The lowest BCUT2D eigenvalue weighted by atomic mass is 9.61. The Bertz CT molecular complexity index is 1360. The molecular weight excluding hydrogens is 416 g/mol. The molecule has 9 heteroatoms. The van der Waals surface area contributed by atoms with Crippen LogP contribution in [0.2, 0.25) is 0 Å². The lowest BCUT2D eigenvalue weighted by molar-refractivity contribution is -0.148. The Morgan fingerprint density at radius 1 is 1.12 bits per heavy atom. The van der Waals surface area contributed by atoms with Gasteiger partial charge in [-0.25, -0.2) is 14.4 Å². The fraction of sp³-hybridized carbons (Fsp3) is 0.348. The third-order valence-corrected chi connectivity index (χ3v) is 7.25. The van der Waals surface area contributed by atoms with Crippen molar-refractivity contribution in [2.75, 3.05) is 5.32 Å². The molecule has 0 aliphatic heterocycles. The highest BCUT2D eigenvalue weighted by atomic mass is 19.1. The van der Waals surface area contributed by atoms with Gasteiger partial charge in [-0.3, -0.25) is 9.20 Å². The maximum Gasteiger partial charge on any atom is 0.308 e. The predicted molar refractivity (Wildman–Crippen MR) is 114 cm³/mol. The SMILES string of the molecule is O=C(O)[C@H]1C2CCC(CC2)[C@@H]1Nc1cc(-c2c[nH]c3ncc(F)cc23)c2cncn2c1F. The second-order valence-electron chi connectivity index (χ2n) is 8.87. The van der Waals surface area contributed by atoms with E-state index in [4.69, 9.17) is 0 Å². The fourth-order valence-corrected chi connectivity index (χ4v) is 5.77. The second-order valence-corrected chi connectivity index (χ2v) is 8.87. The summed E-state index contributed by atoms with van der Waals surface area (Å²) in [5.74, 6) is -2.08. The van der Waals surface area contributed by atoms with Crippen LogP contribution < -0.4 is 5.32 Å². The number of nitrogens with zero attached hydrogens (tertiary/aromatic N) is 3. The van der Waals surface area contributed by atoms with Gasteiger partial charge >= 0.3 is 5.97 Å². The van der Waals surface area contributed by atoms with E-state index >= 15 is 4.39 Å². The Kier molecular flexibility index (Phi) is 4.21. The molecule has 2 atom stereocenters. The van der Waals surface area contributed by atoms with Crippen LogP contribution in [-0.4, -0.2) is 36.5 Å². The Morgan fingerprint density at radius 3 is 2.69 bits per heavy atom. The quantitative estimate of drug-likeness (QED) is 0.410. The summed E-state index contributed by atoms with van der Waals surface area (Å²) in [4.78, 5) is 23.2. The van der Waals surface area contributed by atoms with Gasteiger partial charge in [-0.15, -0.1) is 0 Å². The van der Waals surface area contributed by atoms with Gasteiger partial charge in [0.05, 0.1) is 29.5 Å². The number of anilines is 1. The zero-order valence-corrected chi connectivity index (χ0v) is 17.1. The number of nitrogens with one attached hydrogen (secondary N) is 2. The third kappa shape index (κ3) is 2.80. The number of pyridine rings is 2. The lowest BCUT2D eigenvalue weighted by Crippen LogP contribution is -2.51. The maximum atomic E-state index is 15.5. The summed E-state index contributed by atoms with van der Waals surface area (Å²) in [7, 11) is 0. The van der Waals surface area contributed by atoms with Crippen molar-refractivity contribution in [3.8, 4) is 11.1 Å². The first-order chi connectivity index (χ1) is 15.5. The van der Waals surface area contributed by atoms with E-state index in [9.17, 15) is 14.3 Å². The van der Waals surface area contributed by atoms with E-state index < -0.39 is 23.7 Å². The summed E-state index contributed by atoms with van der Waals surface area (Å²) < 4.78 is 30.7. The highest BCUT2D eigenvalue weighted by Gasteiger charge is 2.47. The molecule has 0 radical (unpaired) electrons. The smallest absolute Gasteiger partial charge is 0.308 e. The first-order valence-corrected chi connectivity index (χ1v) is 10.8. The molecule has 3 aliphatic carbocycles. The van der Waals surface area contributed by atoms with Crippen molar-refractivity contribution in [2.45, 2.75) is 31.7 Å². The van der Waals surface area contributed by atoms with E-state index in [0.29, 0.717) is 27.7 Å². The molecule has 7 rings (SSSR count). The number of aliphatic carboxylic acids is 1. The molecule has 0 spiro atoms. The van der Waals surface area contributed by atoms with Crippen LogP contribution in [0.3, 0.4) is 0 Å². The first-order valence-electron chi connectivity index (χ1n) is 10.8. The molecule has 3 saturated carbocycles. The van der Waals surface area contributed by atoms with Gasteiger partial charge in [0.15, 0.2) is 0 Å². The van der Waals surface area contributed by atoms with Crippen molar-refractivity contribution in [2.24, 2.45) is 17.8 Å². The monoisotopic (exact) mass is 437 g/mol. The zero-order chi connectivity index (χ0) is 22.0. The van der Waals surface area contributed by atoms with Crippen LogP contribution in [0.5, 0.6) is 0 Å². The highest BCUT2D eigenvalue weighted by Crippen LogP contribution is 2.47. The number of fused-ring (bicyclic) bond motifs is 5. The fourth-order valence-electron chi connectivity index (χ4n) is 5.77. The molecule has 4 aromatic rings. The van der Waals surface area contributed by atoms with E-state index in [1.165, 1.54) is 16.8 Å². The molecule has 0 unspecified atom stereocenters. The summed E-state index contributed by atoms with van der Waals surface area (Å²) in [6.07, 6.45) is 9.49. The molecule has 32 heavy (non-hydrogen) atoms. The van der Waals surface area contributed by atoms with Gasteiger partial charge in [0, 0.05) is 28.8 Å². The number of carboxylic acids is 1. The topological polar surface area (TPSA) is 95.3 Å². The minimum absolute atomic E-state index is 0.108. The van der Waals surface area contributed by atoms with Crippen molar-refractivity contribution < 1.29 is 18.7 Å². The Labute approximate surface area is 181 Å². The number of hydrogen-bond donors (Lipinski definition) is 3. The molecule has 3 aliphatic rings. The molecule has 3 fully saturated rings. The number of halogens is 2. The molecule has 4 aromatic heterocycles. The van der Waals surface area contributed by atoms with Crippen molar-refractivity contribution in [3.05, 3.63) is 48.8 Å². The normalized spacial score (nSPS) is 24.9. The van der Waals surface area contributed by atoms with Crippen LogP contribution in [-0.2, 0) is 4.79 Å². The Balaban J connectivity index is 1.49. The number of rotatable bonds is 4. The first kappa shape index (κ1) is 19.2. The summed E-state index contributed by atoms with van der Waals surface area (Å²) >= 11 is 0. The van der Waals surface area contributed by atoms with Gasteiger partial charge in [0.2, 0.25) is 5.95 Å². The minimum Gasteiger partial charge on any atom is -0.481 e. The van der Waals surface area contributed by atoms with Gasteiger partial charge in [-0.2, -0.15) is 4.39 Å². The molecule has 3 N–H and O–H groups in total. The third-order valence-electron chi connectivity index (χ3n) is 7.25. The van der Waals surface area contributed by atoms with Gasteiger partial charge in [-0.1, -0.05) is 0 Å². The summed E-state index contributed by atoms with van der Waals surface area (Å²) in [6, 6.07) is 2.71. The van der Waals surface area contributed by atoms with Gasteiger partial charge in [0.25, 0.3) is 0 Å². The van der Waals surface area contributed by atoms with Crippen LogP contribution >= 0.6 is 0 Å². The van der Waals surface area contributed by atoms with Crippen molar-refractivity contribution in [1.29, 1.82) is 0 Å². The van der Waals surface area contributed by atoms with E-state index in [1.54, 1.807) is 18.5 Å². The minimum atomic E-state index is -0.834. The van der Waals surface area contributed by atoms with E-state index in [0.717, 1.165) is 31.9 Å². The number of aromatic amines is 1. The maximum absolute atomic E-state index is 15.5. The van der Waals surface area contributed by atoms with Crippen molar-refractivity contribution >= 4 is 28.2 Å². The van der Waals surface area contributed by atoms with E-state index in [-0.39, 0.29) is 23.6 Å². The zero-order valence-electron chi connectivity index (χ0n) is 17.1. The lowest BCUT2D eigenvalue weighted by Gasteiger charge is -2.47. The van der Waals surface area contributed by atoms with Crippen molar-refractivity contribution in [1.82, 2.24) is 19.4 Å². The van der Waals surface area contributed by atoms with Gasteiger partial charge in [-0.05, 0) is 49.7 Å². The molecule has 7 nitrogen and oxygen atoms in total. The largest absolute Gasteiger partial charge is 0.481 e. The number of H-pyrrole nitrogens is 1. The summed E-state index contributed by atoms with van der Waals surface area (Å²) in [5.41, 5.74) is 2.58. The van der Waals surface area contributed by atoms with E-state index in [2.05, 4.69) is 20.3 Å². The highest BCUT2D eigenvalue weighted by molar-refractivity contribution is 5.98. The number of imidazole rings is 1. The standard InChI is InChI=1S/C23H21F2N5O2/c24-13-5-15-16(8-28-22(15)27-7-13)14-6-17(21(25)30-10-26-9-18(14)30)29-20-12-3-1-11(2-4-12)19(20)23(31)32/h5-12,19-20,29H,1-4H2,(H,27,28)(H,31,32)/t11?,12?,19-,20-/m0/s1.